The van der Waals surface area contributed by atoms with E-state index in [4.69, 9.17) is 0 Å². The monoisotopic (exact) mass is 355 g/mol. The summed E-state index contributed by atoms with van der Waals surface area (Å²) in [4.78, 5) is 4.28. The Labute approximate surface area is 145 Å². The number of hydrogen-bond donors (Lipinski definition) is 0. The normalized spacial score (nSPS) is 11.1. The van der Waals surface area contributed by atoms with Gasteiger partial charge in [0.25, 0.3) is 0 Å². The van der Waals surface area contributed by atoms with Crippen molar-refractivity contribution in [3.8, 4) is 11.4 Å². The minimum atomic E-state index is -0.861. The predicted octanol–water partition coefficient (Wildman–Crippen LogP) is 3.76. The van der Waals surface area contributed by atoms with Crippen molar-refractivity contribution in [2.75, 3.05) is 0 Å². The number of fused-ring (bicyclic) bond motifs is 1. The van der Waals surface area contributed by atoms with Gasteiger partial charge < -0.3 is 0 Å². The highest BCUT2D eigenvalue weighted by molar-refractivity contribution is 7.98. The van der Waals surface area contributed by atoms with E-state index in [9.17, 15) is 8.78 Å². The summed E-state index contributed by atoms with van der Waals surface area (Å²) < 4.78 is 27.9. The van der Waals surface area contributed by atoms with E-state index in [2.05, 4.69) is 20.3 Å². The topological polar surface area (TPSA) is 56.0 Å². The van der Waals surface area contributed by atoms with E-state index < -0.39 is 11.6 Å². The van der Waals surface area contributed by atoms with Gasteiger partial charge in [0.05, 0.1) is 5.69 Å². The number of halogens is 2. The van der Waals surface area contributed by atoms with Gasteiger partial charge in [0.15, 0.2) is 17.3 Å². The smallest absolute Gasteiger partial charge is 0.212 e. The average molecular weight is 355 g/mol. The fourth-order valence-electron chi connectivity index (χ4n) is 2.29. The van der Waals surface area contributed by atoms with Crippen molar-refractivity contribution in [3.63, 3.8) is 0 Å². The molecular formula is C17H11F2N5S. The Morgan fingerprint density at radius 2 is 1.84 bits per heavy atom. The molecule has 0 spiro atoms. The van der Waals surface area contributed by atoms with Crippen LogP contribution in [0.3, 0.4) is 0 Å². The zero-order valence-corrected chi connectivity index (χ0v) is 13.6. The van der Waals surface area contributed by atoms with E-state index in [0.29, 0.717) is 27.8 Å². The predicted molar refractivity (Wildman–Crippen MR) is 89.9 cm³/mol. The third-order valence-electron chi connectivity index (χ3n) is 3.51. The molecule has 0 amide bonds. The quantitative estimate of drug-likeness (QED) is 0.522. The van der Waals surface area contributed by atoms with Crippen LogP contribution in [0.2, 0.25) is 0 Å². The first kappa shape index (κ1) is 15.6. The van der Waals surface area contributed by atoms with Crippen molar-refractivity contribution < 1.29 is 8.78 Å². The Morgan fingerprint density at radius 1 is 0.920 bits per heavy atom. The van der Waals surface area contributed by atoms with E-state index >= 15 is 0 Å². The van der Waals surface area contributed by atoms with Gasteiger partial charge in [-0.1, -0.05) is 23.9 Å². The van der Waals surface area contributed by atoms with Crippen LogP contribution in [-0.2, 0) is 5.75 Å². The molecule has 4 aromatic rings. The molecule has 0 saturated heterocycles. The lowest BCUT2D eigenvalue weighted by molar-refractivity contribution is 0.507. The summed E-state index contributed by atoms with van der Waals surface area (Å²) in [7, 11) is 0. The van der Waals surface area contributed by atoms with E-state index in [1.54, 1.807) is 16.8 Å². The van der Waals surface area contributed by atoms with E-state index in [0.717, 1.165) is 11.8 Å². The summed E-state index contributed by atoms with van der Waals surface area (Å²) in [5.41, 5.74) is 2.70. The highest BCUT2D eigenvalue weighted by Gasteiger charge is 2.11. The van der Waals surface area contributed by atoms with E-state index in [-0.39, 0.29) is 0 Å². The van der Waals surface area contributed by atoms with Crippen molar-refractivity contribution in [2.24, 2.45) is 0 Å². The van der Waals surface area contributed by atoms with Crippen molar-refractivity contribution in [1.29, 1.82) is 0 Å². The van der Waals surface area contributed by atoms with Gasteiger partial charge in [-0.3, -0.25) is 4.98 Å². The number of rotatable bonds is 4. The summed E-state index contributed by atoms with van der Waals surface area (Å²) in [5, 5.41) is 13.3. The van der Waals surface area contributed by atoms with Gasteiger partial charge in [-0.2, -0.15) is 9.61 Å². The number of hydrogen-bond acceptors (Lipinski definition) is 5. The Kier molecular flexibility index (Phi) is 4.10. The van der Waals surface area contributed by atoms with Gasteiger partial charge in [0.2, 0.25) is 5.16 Å². The molecule has 124 valence electrons. The first-order chi connectivity index (χ1) is 12.2. The molecule has 0 aliphatic heterocycles. The molecule has 25 heavy (non-hydrogen) atoms. The summed E-state index contributed by atoms with van der Waals surface area (Å²) in [5.74, 6) is -1.30. The highest BCUT2D eigenvalue weighted by Crippen LogP contribution is 2.23. The molecule has 0 aliphatic carbocycles. The van der Waals surface area contributed by atoms with E-state index in [1.807, 2.05) is 30.3 Å². The lowest BCUT2D eigenvalue weighted by Gasteiger charge is -2.03. The minimum absolute atomic E-state index is 0.424. The third-order valence-corrected chi connectivity index (χ3v) is 4.50. The zero-order chi connectivity index (χ0) is 17.2. The van der Waals surface area contributed by atoms with Crippen molar-refractivity contribution in [1.82, 2.24) is 24.8 Å². The number of aromatic nitrogens is 5. The van der Waals surface area contributed by atoms with Crippen LogP contribution in [0.1, 0.15) is 5.56 Å². The second-order valence-corrected chi connectivity index (χ2v) is 6.17. The van der Waals surface area contributed by atoms with Crippen molar-refractivity contribution in [2.45, 2.75) is 10.9 Å². The fraction of sp³-hybridized carbons (Fsp3) is 0.0588. The molecule has 0 radical (unpaired) electrons. The Bertz CT molecular complexity index is 1040. The molecule has 5 nitrogen and oxygen atoms in total. The number of thioether (sulfide) groups is 1. The summed E-state index contributed by atoms with van der Waals surface area (Å²) in [6, 6.07) is 13.1. The maximum absolute atomic E-state index is 13.3. The van der Waals surface area contributed by atoms with Crippen LogP contribution < -0.4 is 0 Å². The van der Waals surface area contributed by atoms with Gasteiger partial charge >= 0.3 is 0 Å². The largest absolute Gasteiger partial charge is 0.255 e. The van der Waals surface area contributed by atoms with Crippen LogP contribution in [0, 0.1) is 11.6 Å². The van der Waals surface area contributed by atoms with Gasteiger partial charge in [-0.25, -0.2) is 8.78 Å². The van der Waals surface area contributed by atoms with Gasteiger partial charge in [-0.05, 0) is 42.0 Å². The maximum Gasteiger partial charge on any atom is 0.212 e. The van der Waals surface area contributed by atoms with Crippen LogP contribution in [-0.4, -0.2) is 24.8 Å². The van der Waals surface area contributed by atoms with Crippen LogP contribution >= 0.6 is 11.8 Å². The molecular weight excluding hydrogens is 344 g/mol. The molecule has 0 aliphatic rings. The lowest BCUT2D eigenvalue weighted by atomic mass is 10.2. The highest BCUT2D eigenvalue weighted by atomic mass is 32.2. The van der Waals surface area contributed by atoms with Crippen molar-refractivity contribution in [3.05, 3.63) is 71.9 Å². The number of pyridine rings is 1. The number of benzene rings is 1. The second kappa shape index (κ2) is 6.56. The van der Waals surface area contributed by atoms with Crippen LogP contribution in [0.4, 0.5) is 8.78 Å². The molecule has 0 unspecified atom stereocenters. The molecule has 3 aromatic heterocycles. The third kappa shape index (κ3) is 3.20. The standard InChI is InChI=1S/C17H11F2N5S/c18-12-5-4-11(9-13(12)19)10-25-17-22-21-16-7-6-15(23-24(16)17)14-3-1-2-8-20-14/h1-9H,10H2. The molecule has 3 heterocycles. The Morgan fingerprint density at radius 3 is 2.64 bits per heavy atom. The second-order valence-electron chi connectivity index (χ2n) is 5.22. The zero-order valence-electron chi connectivity index (χ0n) is 12.8. The van der Waals surface area contributed by atoms with Gasteiger partial charge in [-0.15, -0.1) is 10.2 Å². The summed E-state index contributed by atoms with van der Waals surface area (Å²) >= 11 is 1.35. The van der Waals surface area contributed by atoms with Crippen LogP contribution in [0.15, 0.2) is 59.9 Å². The maximum atomic E-state index is 13.3. The van der Waals surface area contributed by atoms with Crippen LogP contribution in [0.5, 0.6) is 0 Å². The van der Waals surface area contributed by atoms with E-state index in [1.165, 1.54) is 17.8 Å². The fourth-order valence-corrected chi connectivity index (χ4v) is 3.12. The summed E-state index contributed by atoms with van der Waals surface area (Å²) in [6.45, 7) is 0. The first-order valence-corrected chi connectivity index (χ1v) is 8.40. The Balaban J connectivity index is 1.62. The van der Waals surface area contributed by atoms with Gasteiger partial charge in [0.1, 0.15) is 5.69 Å². The van der Waals surface area contributed by atoms with Crippen molar-refractivity contribution >= 4 is 17.4 Å². The lowest BCUT2D eigenvalue weighted by Crippen LogP contribution is -1.97. The first-order valence-electron chi connectivity index (χ1n) is 7.41. The summed E-state index contributed by atoms with van der Waals surface area (Å²) in [6.07, 6.45) is 1.70. The average Bonchev–Trinajstić information content (AvgIpc) is 3.06. The SMILES string of the molecule is Fc1ccc(CSc2nnc3ccc(-c4ccccn4)nn23)cc1F. The molecule has 8 heteroatoms. The molecule has 4 rings (SSSR count). The number of nitrogens with zero attached hydrogens (tertiary/aromatic N) is 5. The minimum Gasteiger partial charge on any atom is -0.255 e. The molecule has 0 saturated carbocycles. The molecule has 0 bridgehead atoms. The Hall–Kier alpha value is -2.87. The molecule has 0 fully saturated rings. The molecule has 1 aromatic carbocycles. The molecule has 0 N–H and O–H groups in total. The molecule has 0 atom stereocenters. The van der Waals surface area contributed by atoms with Crippen LogP contribution in [0.25, 0.3) is 17.0 Å². The van der Waals surface area contributed by atoms with Gasteiger partial charge in [0, 0.05) is 11.9 Å².